The number of nitrogens with zero attached hydrogens (tertiary/aromatic N) is 3. The summed E-state index contributed by atoms with van der Waals surface area (Å²) in [6, 6.07) is 17.0. The molecular formula is C22H21ClN4O3. The van der Waals surface area contributed by atoms with E-state index in [1.807, 2.05) is 48.5 Å². The predicted molar refractivity (Wildman–Crippen MR) is 114 cm³/mol. The van der Waals surface area contributed by atoms with Gasteiger partial charge in [-0.1, -0.05) is 54.1 Å². The van der Waals surface area contributed by atoms with Crippen LogP contribution in [0.15, 0.2) is 71.5 Å². The monoisotopic (exact) mass is 424 g/mol. The van der Waals surface area contributed by atoms with Gasteiger partial charge in [0, 0.05) is 31.2 Å². The van der Waals surface area contributed by atoms with Crippen molar-refractivity contribution in [2.24, 2.45) is 4.99 Å². The summed E-state index contributed by atoms with van der Waals surface area (Å²) >= 11 is 6.03. The lowest BCUT2D eigenvalue weighted by atomic mass is 10.1. The molecule has 2 aliphatic heterocycles. The molecule has 0 bridgehead atoms. The van der Waals surface area contributed by atoms with Gasteiger partial charge in [0.15, 0.2) is 0 Å². The molecule has 2 aromatic rings. The zero-order chi connectivity index (χ0) is 20.9. The van der Waals surface area contributed by atoms with Gasteiger partial charge in [-0.25, -0.2) is 4.79 Å². The molecule has 154 valence electrons. The summed E-state index contributed by atoms with van der Waals surface area (Å²) in [5, 5.41) is 3.51. The number of nitrogens with one attached hydrogen (secondary N) is 1. The highest BCUT2D eigenvalue weighted by Gasteiger charge is 2.33. The molecule has 8 heteroatoms. The summed E-state index contributed by atoms with van der Waals surface area (Å²) < 4.78 is 5.41. The molecule has 0 aromatic heterocycles. The second-order valence-electron chi connectivity index (χ2n) is 6.99. The molecule has 0 radical (unpaired) electrons. The Balaban J connectivity index is 1.36. The van der Waals surface area contributed by atoms with Crippen LogP contribution in [0.2, 0.25) is 5.02 Å². The average molecular weight is 425 g/mol. The van der Waals surface area contributed by atoms with E-state index in [4.69, 9.17) is 16.3 Å². The van der Waals surface area contributed by atoms with Crippen molar-refractivity contribution in [2.45, 2.75) is 13.0 Å². The first-order valence-corrected chi connectivity index (χ1v) is 10.1. The van der Waals surface area contributed by atoms with Gasteiger partial charge in [0.2, 0.25) is 0 Å². The van der Waals surface area contributed by atoms with Crippen LogP contribution in [0.3, 0.4) is 0 Å². The van der Waals surface area contributed by atoms with Crippen molar-refractivity contribution in [3.63, 3.8) is 0 Å². The molecule has 0 aliphatic carbocycles. The summed E-state index contributed by atoms with van der Waals surface area (Å²) in [6.07, 6.45) is 2.07. The number of hydrogen-bond acceptors (Lipinski definition) is 4. The standard InChI is InChI=1S/C22H21ClN4O3/c23-18-8-4-7-17(13-18)14-26-11-12-27-19(15-30-22(27)25-21(26)29)20(28)24-10-9-16-5-2-1-3-6-16/h1-8,13,15H,9-12,14H2,(H,24,28). The van der Waals surface area contributed by atoms with Gasteiger partial charge in [-0.15, -0.1) is 4.99 Å². The summed E-state index contributed by atoms with van der Waals surface area (Å²) in [6.45, 7) is 1.69. The fourth-order valence-electron chi connectivity index (χ4n) is 3.34. The maximum absolute atomic E-state index is 12.6. The van der Waals surface area contributed by atoms with Gasteiger partial charge < -0.3 is 15.0 Å². The van der Waals surface area contributed by atoms with E-state index in [0.717, 1.165) is 17.5 Å². The van der Waals surface area contributed by atoms with Gasteiger partial charge >= 0.3 is 12.1 Å². The number of halogens is 1. The zero-order valence-corrected chi connectivity index (χ0v) is 17.0. The van der Waals surface area contributed by atoms with Crippen molar-refractivity contribution >= 4 is 29.6 Å². The lowest BCUT2D eigenvalue weighted by Crippen LogP contribution is -2.38. The minimum atomic E-state index is -0.411. The minimum absolute atomic E-state index is 0.127. The van der Waals surface area contributed by atoms with Crippen LogP contribution in [0.25, 0.3) is 0 Å². The molecule has 4 rings (SSSR count). The van der Waals surface area contributed by atoms with Crippen LogP contribution >= 0.6 is 11.6 Å². The SMILES string of the molecule is O=C(NCCc1ccccc1)C1=COC2=NC(=O)N(Cc3cccc(Cl)c3)CCN12. The van der Waals surface area contributed by atoms with Gasteiger partial charge in [0.1, 0.15) is 12.0 Å². The number of rotatable bonds is 6. The number of urea groups is 1. The van der Waals surface area contributed by atoms with Crippen LogP contribution < -0.4 is 5.32 Å². The summed E-state index contributed by atoms with van der Waals surface area (Å²) in [7, 11) is 0. The predicted octanol–water partition coefficient (Wildman–Crippen LogP) is 3.16. The molecule has 3 amide bonds. The number of ether oxygens (including phenoxy) is 1. The molecule has 30 heavy (non-hydrogen) atoms. The molecule has 1 N–H and O–H groups in total. The van der Waals surface area contributed by atoms with Crippen molar-refractivity contribution in [3.05, 3.63) is 82.7 Å². The van der Waals surface area contributed by atoms with Crippen LogP contribution in [0.1, 0.15) is 11.1 Å². The Kier molecular flexibility index (Phi) is 5.99. The lowest BCUT2D eigenvalue weighted by Gasteiger charge is -2.21. The Morgan fingerprint density at radius 2 is 1.90 bits per heavy atom. The van der Waals surface area contributed by atoms with Crippen molar-refractivity contribution < 1.29 is 14.3 Å². The van der Waals surface area contributed by atoms with E-state index in [1.165, 1.54) is 6.26 Å². The fraction of sp³-hybridized carbons (Fsp3) is 0.227. The molecule has 0 spiro atoms. The third kappa shape index (κ3) is 4.63. The Labute approximate surface area is 179 Å². The molecule has 2 heterocycles. The Bertz CT molecular complexity index is 1010. The van der Waals surface area contributed by atoms with Crippen LogP contribution in [-0.4, -0.2) is 47.4 Å². The highest BCUT2D eigenvalue weighted by atomic mass is 35.5. The zero-order valence-electron chi connectivity index (χ0n) is 16.3. The van der Waals surface area contributed by atoms with Crippen molar-refractivity contribution in [1.29, 1.82) is 0 Å². The van der Waals surface area contributed by atoms with E-state index in [2.05, 4.69) is 10.3 Å². The molecule has 0 saturated carbocycles. The quantitative estimate of drug-likeness (QED) is 0.773. The number of amidine groups is 1. The van der Waals surface area contributed by atoms with Crippen molar-refractivity contribution in [1.82, 2.24) is 15.1 Å². The Hall–Kier alpha value is -3.32. The van der Waals surface area contributed by atoms with Crippen LogP contribution in [0.4, 0.5) is 4.79 Å². The summed E-state index contributed by atoms with van der Waals surface area (Å²) in [4.78, 5) is 32.4. The van der Waals surface area contributed by atoms with Crippen LogP contribution in [0, 0.1) is 0 Å². The maximum Gasteiger partial charge on any atom is 0.348 e. The van der Waals surface area contributed by atoms with Gasteiger partial charge in [-0.2, -0.15) is 0 Å². The highest BCUT2D eigenvalue weighted by Crippen LogP contribution is 2.20. The molecule has 2 aromatic carbocycles. The van der Waals surface area contributed by atoms with E-state index in [0.29, 0.717) is 36.9 Å². The second-order valence-corrected chi connectivity index (χ2v) is 7.43. The average Bonchev–Trinajstić information content (AvgIpc) is 3.07. The molecule has 7 nitrogen and oxygen atoms in total. The van der Waals surface area contributed by atoms with Crippen LogP contribution in [-0.2, 0) is 22.5 Å². The normalized spacial score (nSPS) is 15.7. The van der Waals surface area contributed by atoms with E-state index >= 15 is 0 Å². The lowest BCUT2D eigenvalue weighted by molar-refractivity contribution is -0.118. The van der Waals surface area contributed by atoms with Crippen molar-refractivity contribution in [2.75, 3.05) is 19.6 Å². The Morgan fingerprint density at radius 1 is 1.10 bits per heavy atom. The first-order valence-electron chi connectivity index (χ1n) is 9.69. The van der Waals surface area contributed by atoms with Gasteiger partial charge in [-0.3, -0.25) is 9.69 Å². The smallest absolute Gasteiger partial charge is 0.348 e. The molecule has 0 unspecified atom stereocenters. The molecule has 0 fully saturated rings. The molecule has 2 aliphatic rings. The van der Waals surface area contributed by atoms with Gasteiger partial charge in [0.25, 0.3) is 5.91 Å². The van der Waals surface area contributed by atoms with E-state index < -0.39 is 6.03 Å². The third-order valence-corrected chi connectivity index (χ3v) is 5.13. The van der Waals surface area contributed by atoms with Crippen LogP contribution in [0.5, 0.6) is 0 Å². The van der Waals surface area contributed by atoms with E-state index in [1.54, 1.807) is 15.9 Å². The molecule has 0 atom stereocenters. The number of fused-ring (bicyclic) bond motifs is 1. The number of benzene rings is 2. The number of aliphatic imine (C=N–C) groups is 1. The largest absolute Gasteiger partial charge is 0.431 e. The number of carbonyl (C=O) groups is 2. The number of amides is 3. The van der Waals surface area contributed by atoms with E-state index in [-0.39, 0.29) is 11.9 Å². The van der Waals surface area contributed by atoms with E-state index in [9.17, 15) is 9.59 Å². The second kappa shape index (κ2) is 9.00. The summed E-state index contributed by atoms with van der Waals surface area (Å²) in [5.74, 6) is -0.258. The number of hydrogen-bond donors (Lipinski definition) is 1. The first-order chi connectivity index (χ1) is 14.6. The first kappa shape index (κ1) is 20.0. The Morgan fingerprint density at radius 3 is 2.70 bits per heavy atom. The van der Waals surface area contributed by atoms with Gasteiger partial charge in [-0.05, 0) is 29.7 Å². The highest BCUT2D eigenvalue weighted by molar-refractivity contribution is 6.30. The topological polar surface area (TPSA) is 74.2 Å². The minimum Gasteiger partial charge on any atom is -0.431 e. The molecule has 0 saturated heterocycles. The summed E-state index contributed by atoms with van der Waals surface area (Å²) in [5.41, 5.74) is 2.40. The van der Waals surface area contributed by atoms with Gasteiger partial charge in [0.05, 0.1) is 0 Å². The maximum atomic E-state index is 12.6. The molecular weight excluding hydrogens is 404 g/mol. The number of carbonyl (C=O) groups excluding carboxylic acids is 2. The van der Waals surface area contributed by atoms with Crippen molar-refractivity contribution in [3.8, 4) is 0 Å². The third-order valence-electron chi connectivity index (χ3n) is 4.89. The fourth-order valence-corrected chi connectivity index (χ4v) is 3.56.